The fraction of sp³-hybridized carbons (Fsp3) is 0.682. The first-order valence-corrected chi connectivity index (χ1v) is 10.1. The summed E-state index contributed by atoms with van der Waals surface area (Å²) in [5, 5.41) is 12.4. The number of benzene rings is 1. The molecular formula is C22H33NO4. The van der Waals surface area contributed by atoms with E-state index in [0.717, 1.165) is 25.7 Å². The number of aliphatic hydroxyl groups is 1. The molecule has 0 spiro atoms. The van der Waals surface area contributed by atoms with Gasteiger partial charge in [-0.05, 0) is 52.7 Å². The van der Waals surface area contributed by atoms with Gasteiger partial charge in [0, 0.05) is 23.9 Å². The predicted molar refractivity (Wildman–Crippen MR) is 104 cm³/mol. The molecule has 5 nitrogen and oxygen atoms in total. The monoisotopic (exact) mass is 375 g/mol. The summed E-state index contributed by atoms with van der Waals surface area (Å²) in [4.78, 5) is 18.8. The maximum absolute atomic E-state index is 12.5. The Morgan fingerprint density at radius 1 is 1.04 bits per heavy atom. The topological polar surface area (TPSA) is 59.0 Å². The minimum absolute atomic E-state index is 0.152. The number of piperidine rings is 1. The summed E-state index contributed by atoms with van der Waals surface area (Å²) >= 11 is 0. The van der Waals surface area contributed by atoms with Crippen molar-refractivity contribution in [3.63, 3.8) is 0 Å². The highest BCUT2D eigenvalue weighted by atomic mass is 16.7. The Labute approximate surface area is 162 Å². The lowest BCUT2D eigenvalue weighted by Gasteiger charge is -2.54. The van der Waals surface area contributed by atoms with E-state index in [1.807, 2.05) is 23.3 Å². The molecule has 0 bridgehead atoms. The summed E-state index contributed by atoms with van der Waals surface area (Å²) in [6.45, 7) is 8.47. The lowest BCUT2D eigenvalue weighted by atomic mass is 9.80. The van der Waals surface area contributed by atoms with Crippen molar-refractivity contribution in [2.45, 2.75) is 95.6 Å². The summed E-state index contributed by atoms with van der Waals surface area (Å²) in [5.74, 6) is -0.274. The van der Waals surface area contributed by atoms with E-state index < -0.39 is 6.10 Å². The van der Waals surface area contributed by atoms with Gasteiger partial charge in [0.25, 0.3) is 0 Å². The quantitative estimate of drug-likeness (QED) is 0.803. The Bertz CT molecular complexity index is 625. The van der Waals surface area contributed by atoms with Gasteiger partial charge in [-0.1, -0.05) is 31.0 Å². The molecule has 0 amide bonds. The van der Waals surface area contributed by atoms with Crippen LogP contribution in [0.4, 0.5) is 0 Å². The molecule has 1 heterocycles. The van der Waals surface area contributed by atoms with Crippen molar-refractivity contribution < 1.29 is 19.5 Å². The molecule has 0 aromatic heterocycles. The molecule has 1 aromatic carbocycles. The zero-order valence-electron chi connectivity index (χ0n) is 17.0. The SMILES string of the molecule is CC1(C)CC(OC(=O)c2ccccc2)CC(C)(C)N1OC1CCCCC1O. The summed E-state index contributed by atoms with van der Waals surface area (Å²) in [6, 6.07) is 9.13. The molecule has 27 heavy (non-hydrogen) atoms. The van der Waals surface area contributed by atoms with Gasteiger partial charge in [-0.15, -0.1) is 0 Å². The van der Waals surface area contributed by atoms with Crippen molar-refractivity contribution in [2.24, 2.45) is 0 Å². The van der Waals surface area contributed by atoms with Crippen molar-refractivity contribution >= 4 is 5.97 Å². The molecule has 1 N–H and O–H groups in total. The number of rotatable bonds is 4. The molecule has 2 unspecified atom stereocenters. The van der Waals surface area contributed by atoms with E-state index in [-0.39, 0.29) is 29.3 Å². The van der Waals surface area contributed by atoms with Gasteiger partial charge in [-0.2, -0.15) is 5.06 Å². The van der Waals surface area contributed by atoms with Crippen molar-refractivity contribution in [3.05, 3.63) is 35.9 Å². The molecular weight excluding hydrogens is 342 g/mol. The van der Waals surface area contributed by atoms with Crippen molar-refractivity contribution in [1.82, 2.24) is 5.06 Å². The first kappa shape index (κ1) is 20.3. The molecule has 1 aliphatic heterocycles. The molecule has 2 atom stereocenters. The number of hydroxylamine groups is 2. The smallest absolute Gasteiger partial charge is 0.338 e. The third-order valence-electron chi connectivity index (χ3n) is 5.75. The second kappa shape index (κ2) is 7.90. The lowest BCUT2D eigenvalue weighted by molar-refractivity contribution is -0.328. The second-order valence-corrected chi connectivity index (χ2v) is 9.22. The number of carbonyl (C=O) groups is 1. The van der Waals surface area contributed by atoms with E-state index in [0.29, 0.717) is 18.4 Å². The Morgan fingerprint density at radius 3 is 2.22 bits per heavy atom. The van der Waals surface area contributed by atoms with Gasteiger partial charge < -0.3 is 9.84 Å². The number of esters is 1. The second-order valence-electron chi connectivity index (χ2n) is 9.22. The zero-order chi connectivity index (χ0) is 19.7. The highest BCUT2D eigenvalue weighted by Gasteiger charge is 2.49. The minimum atomic E-state index is -0.404. The van der Waals surface area contributed by atoms with E-state index >= 15 is 0 Å². The van der Waals surface area contributed by atoms with Crippen LogP contribution in [0, 0.1) is 0 Å². The summed E-state index contributed by atoms with van der Waals surface area (Å²) < 4.78 is 5.84. The fourth-order valence-electron chi connectivity index (χ4n) is 4.67. The number of carbonyl (C=O) groups excluding carboxylic acids is 1. The van der Waals surface area contributed by atoms with Gasteiger partial charge in [0.05, 0.1) is 11.7 Å². The molecule has 2 fully saturated rings. The van der Waals surface area contributed by atoms with Gasteiger partial charge >= 0.3 is 5.97 Å². The van der Waals surface area contributed by atoms with Crippen LogP contribution in [0.15, 0.2) is 30.3 Å². The standard InChI is InChI=1S/C22H33NO4/c1-21(2)14-17(26-20(25)16-10-6-5-7-11-16)15-22(3,4)23(21)27-19-13-9-8-12-18(19)24/h5-7,10-11,17-19,24H,8-9,12-15H2,1-4H3. The summed E-state index contributed by atoms with van der Waals surface area (Å²) in [7, 11) is 0. The van der Waals surface area contributed by atoms with E-state index in [2.05, 4.69) is 27.7 Å². The van der Waals surface area contributed by atoms with E-state index in [9.17, 15) is 9.90 Å². The first-order chi connectivity index (χ1) is 12.7. The predicted octanol–water partition coefficient (Wildman–Crippen LogP) is 4.10. The maximum atomic E-state index is 12.5. The van der Waals surface area contributed by atoms with Crippen LogP contribution in [0.1, 0.15) is 76.6 Å². The van der Waals surface area contributed by atoms with Gasteiger partial charge in [0.2, 0.25) is 0 Å². The van der Waals surface area contributed by atoms with Crippen molar-refractivity contribution in [1.29, 1.82) is 0 Å². The van der Waals surface area contributed by atoms with Gasteiger partial charge in [-0.25, -0.2) is 4.79 Å². The largest absolute Gasteiger partial charge is 0.459 e. The van der Waals surface area contributed by atoms with Crippen LogP contribution in [-0.4, -0.2) is 45.5 Å². The number of hydrogen-bond donors (Lipinski definition) is 1. The summed E-state index contributed by atoms with van der Waals surface area (Å²) in [5.41, 5.74) is -0.0294. The van der Waals surface area contributed by atoms with Crippen LogP contribution in [0.3, 0.4) is 0 Å². The molecule has 1 saturated heterocycles. The average Bonchev–Trinajstić information content (AvgIpc) is 2.59. The number of hydrogen-bond acceptors (Lipinski definition) is 5. The van der Waals surface area contributed by atoms with Gasteiger partial charge in [-0.3, -0.25) is 4.84 Å². The molecule has 1 aromatic rings. The van der Waals surface area contributed by atoms with Crippen molar-refractivity contribution in [2.75, 3.05) is 0 Å². The zero-order valence-corrected chi connectivity index (χ0v) is 17.0. The Hall–Kier alpha value is -1.43. The molecule has 0 radical (unpaired) electrons. The Morgan fingerprint density at radius 2 is 1.63 bits per heavy atom. The van der Waals surface area contributed by atoms with Crippen LogP contribution < -0.4 is 0 Å². The summed E-state index contributed by atoms with van der Waals surface area (Å²) in [6.07, 6.45) is 4.50. The van der Waals surface area contributed by atoms with E-state index in [1.165, 1.54) is 0 Å². The molecule has 2 aliphatic rings. The van der Waals surface area contributed by atoms with Crippen LogP contribution in [0.25, 0.3) is 0 Å². The minimum Gasteiger partial charge on any atom is -0.459 e. The highest BCUT2D eigenvalue weighted by Crippen LogP contribution is 2.41. The van der Waals surface area contributed by atoms with E-state index in [4.69, 9.17) is 9.57 Å². The third kappa shape index (κ3) is 4.71. The normalized spacial score (nSPS) is 28.6. The number of ether oxygens (including phenoxy) is 1. The van der Waals surface area contributed by atoms with Crippen molar-refractivity contribution in [3.8, 4) is 0 Å². The molecule has 1 saturated carbocycles. The number of nitrogens with zero attached hydrogens (tertiary/aromatic N) is 1. The van der Waals surface area contributed by atoms with Crippen LogP contribution in [0.2, 0.25) is 0 Å². The molecule has 1 aliphatic carbocycles. The lowest BCUT2D eigenvalue weighted by Crippen LogP contribution is -2.63. The third-order valence-corrected chi connectivity index (χ3v) is 5.75. The van der Waals surface area contributed by atoms with E-state index in [1.54, 1.807) is 12.1 Å². The van der Waals surface area contributed by atoms with Gasteiger partial charge in [0.1, 0.15) is 12.2 Å². The molecule has 150 valence electrons. The number of aliphatic hydroxyl groups excluding tert-OH is 1. The van der Waals surface area contributed by atoms with Crippen LogP contribution in [-0.2, 0) is 9.57 Å². The Balaban J connectivity index is 1.69. The van der Waals surface area contributed by atoms with Crippen LogP contribution >= 0.6 is 0 Å². The Kier molecular flexibility index (Phi) is 5.94. The molecule has 5 heteroatoms. The highest BCUT2D eigenvalue weighted by molar-refractivity contribution is 5.89. The fourth-order valence-corrected chi connectivity index (χ4v) is 4.67. The average molecular weight is 376 g/mol. The van der Waals surface area contributed by atoms with Gasteiger partial charge in [0.15, 0.2) is 0 Å². The maximum Gasteiger partial charge on any atom is 0.338 e. The molecule has 3 rings (SSSR count). The first-order valence-electron chi connectivity index (χ1n) is 10.1. The van der Waals surface area contributed by atoms with Crippen LogP contribution in [0.5, 0.6) is 0 Å².